The number of benzene rings is 3. The molecule has 0 radical (unpaired) electrons. The molecule has 3 aromatic carbocycles. The number of amides is 2. The van der Waals surface area contributed by atoms with Crippen LogP contribution < -0.4 is 20.2 Å². The van der Waals surface area contributed by atoms with Gasteiger partial charge in [0.15, 0.2) is 0 Å². The number of halogens is 2. The molecule has 3 rings (SSSR count). The number of rotatable bonds is 7. The van der Waals surface area contributed by atoms with E-state index in [1.807, 2.05) is 6.92 Å². The van der Waals surface area contributed by atoms with Crippen LogP contribution in [0.5, 0.6) is 11.5 Å². The van der Waals surface area contributed by atoms with Crippen molar-refractivity contribution >= 4 is 52.9 Å². The van der Waals surface area contributed by atoms with Crippen molar-refractivity contribution < 1.29 is 23.9 Å². The number of nitrogens with one attached hydrogen (secondary N) is 2. The molecule has 0 unspecified atom stereocenters. The summed E-state index contributed by atoms with van der Waals surface area (Å²) in [7, 11) is 0. The molecule has 34 heavy (non-hydrogen) atoms. The van der Waals surface area contributed by atoms with Gasteiger partial charge in [-0.3, -0.25) is 9.59 Å². The first-order chi connectivity index (χ1) is 16.4. The number of anilines is 1. The topological polar surface area (TPSA) is 106 Å². The van der Waals surface area contributed by atoms with Gasteiger partial charge in [0.2, 0.25) is 0 Å². The molecular formula is C24H19Cl2N3O5. The van der Waals surface area contributed by atoms with Gasteiger partial charge in [-0.2, -0.15) is 5.10 Å². The molecule has 10 heteroatoms. The summed E-state index contributed by atoms with van der Waals surface area (Å²) in [4.78, 5) is 36.3. The zero-order chi connectivity index (χ0) is 24.5. The summed E-state index contributed by atoms with van der Waals surface area (Å²) in [5.41, 5.74) is 3.25. The van der Waals surface area contributed by atoms with Gasteiger partial charge in [-0.25, -0.2) is 10.2 Å². The lowest BCUT2D eigenvalue weighted by atomic mass is 10.2. The molecule has 0 aliphatic rings. The fourth-order valence-electron chi connectivity index (χ4n) is 2.68. The molecule has 0 saturated carbocycles. The average Bonchev–Trinajstić information content (AvgIpc) is 2.80. The zero-order valence-corrected chi connectivity index (χ0v) is 19.4. The summed E-state index contributed by atoms with van der Waals surface area (Å²) >= 11 is 11.9. The Hall–Kier alpha value is -3.88. The molecule has 0 bridgehead atoms. The molecule has 2 amide bonds. The van der Waals surface area contributed by atoms with Gasteiger partial charge in [0, 0.05) is 10.7 Å². The van der Waals surface area contributed by atoms with Crippen LogP contribution in [0, 0.1) is 0 Å². The van der Waals surface area contributed by atoms with E-state index in [0.29, 0.717) is 28.6 Å². The van der Waals surface area contributed by atoms with E-state index in [2.05, 4.69) is 15.8 Å². The fourth-order valence-corrected chi connectivity index (χ4v) is 3.17. The minimum Gasteiger partial charge on any atom is -0.494 e. The fraction of sp³-hybridized carbons (Fsp3) is 0.0833. The summed E-state index contributed by atoms with van der Waals surface area (Å²) in [5, 5.41) is 6.79. The lowest BCUT2D eigenvalue weighted by Crippen LogP contribution is -2.32. The monoisotopic (exact) mass is 499 g/mol. The average molecular weight is 500 g/mol. The van der Waals surface area contributed by atoms with Crippen LogP contribution in [-0.2, 0) is 9.59 Å². The van der Waals surface area contributed by atoms with Crippen LogP contribution in [0.4, 0.5) is 5.69 Å². The lowest BCUT2D eigenvalue weighted by molar-refractivity contribution is -0.136. The van der Waals surface area contributed by atoms with Gasteiger partial charge in [-0.15, -0.1) is 0 Å². The van der Waals surface area contributed by atoms with Crippen molar-refractivity contribution in [2.24, 2.45) is 5.10 Å². The van der Waals surface area contributed by atoms with Gasteiger partial charge in [0.25, 0.3) is 0 Å². The third-order valence-electron chi connectivity index (χ3n) is 4.23. The number of esters is 1. The Morgan fingerprint density at radius 2 is 1.71 bits per heavy atom. The van der Waals surface area contributed by atoms with Crippen LogP contribution in [0.3, 0.4) is 0 Å². The second-order valence-corrected chi connectivity index (χ2v) is 7.54. The van der Waals surface area contributed by atoms with Crippen molar-refractivity contribution in [2.75, 3.05) is 11.9 Å². The highest BCUT2D eigenvalue weighted by molar-refractivity contribution is 6.39. The Bertz CT molecular complexity index is 1230. The molecule has 0 heterocycles. The number of ether oxygens (including phenoxy) is 2. The standard InChI is InChI=1S/C24H19Cl2N3O5/c1-2-33-18-9-7-17(8-10-18)28-22(30)23(31)29-27-14-15-4-3-5-19(12-15)34-24(32)20-11-6-16(25)13-21(20)26/h3-14H,2H2,1H3,(H,28,30)(H,29,31)/b27-14+. The maximum absolute atomic E-state index is 12.3. The number of carbonyl (C=O) groups is 3. The minimum atomic E-state index is -0.954. The SMILES string of the molecule is CCOc1ccc(NC(=O)C(=O)N/N=C/c2cccc(OC(=O)c3ccc(Cl)cc3Cl)c2)cc1. The number of hydrogen-bond donors (Lipinski definition) is 2. The van der Waals surface area contributed by atoms with Crippen molar-refractivity contribution in [3.05, 3.63) is 87.9 Å². The van der Waals surface area contributed by atoms with Gasteiger partial charge in [-0.05, 0) is 67.1 Å². The van der Waals surface area contributed by atoms with Gasteiger partial charge in [0.1, 0.15) is 11.5 Å². The Morgan fingerprint density at radius 1 is 0.941 bits per heavy atom. The Kier molecular flexibility index (Phi) is 8.61. The molecule has 0 aliphatic heterocycles. The van der Waals surface area contributed by atoms with Gasteiger partial charge >= 0.3 is 17.8 Å². The quantitative estimate of drug-likeness (QED) is 0.161. The van der Waals surface area contributed by atoms with E-state index in [-0.39, 0.29) is 16.3 Å². The Balaban J connectivity index is 1.55. The maximum Gasteiger partial charge on any atom is 0.345 e. The van der Waals surface area contributed by atoms with Crippen LogP contribution in [-0.4, -0.2) is 30.6 Å². The zero-order valence-electron chi connectivity index (χ0n) is 17.9. The molecular weight excluding hydrogens is 481 g/mol. The molecule has 174 valence electrons. The second-order valence-electron chi connectivity index (χ2n) is 6.70. The van der Waals surface area contributed by atoms with Crippen LogP contribution >= 0.6 is 23.2 Å². The van der Waals surface area contributed by atoms with E-state index in [9.17, 15) is 14.4 Å². The predicted molar refractivity (Wildman–Crippen MR) is 130 cm³/mol. The van der Waals surface area contributed by atoms with E-state index < -0.39 is 17.8 Å². The normalized spacial score (nSPS) is 10.6. The summed E-state index contributed by atoms with van der Waals surface area (Å²) in [6.07, 6.45) is 1.30. The first-order valence-corrected chi connectivity index (χ1v) is 10.8. The highest BCUT2D eigenvalue weighted by atomic mass is 35.5. The molecule has 0 spiro atoms. The van der Waals surface area contributed by atoms with Gasteiger partial charge in [0.05, 0.1) is 23.4 Å². The Labute approximate surface area is 205 Å². The van der Waals surface area contributed by atoms with E-state index in [1.165, 1.54) is 30.5 Å². The van der Waals surface area contributed by atoms with Crippen molar-refractivity contribution in [2.45, 2.75) is 6.92 Å². The third-order valence-corrected chi connectivity index (χ3v) is 4.78. The molecule has 2 N–H and O–H groups in total. The van der Waals surface area contributed by atoms with Crippen molar-refractivity contribution in [3.63, 3.8) is 0 Å². The molecule has 0 aromatic heterocycles. The third kappa shape index (κ3) is 7.06. The number of hydrazone groups is 1. The number of hydrogen-bond acceptors (Lipinski definition) is 6. The van der Waals surface area contributed by atoms with Crippen LogP contribution in [0.1, 0.15) is 22.8 Å². The highest BCUT2D eigenvalue weighted by Crippen LogP contribution is 2.23. The summed E-state index contributed by atoms with van der Waals surface area (Å²) in [6.45, 7) is 2.38. The lowest BCUT2D eigenvalue weighted by Gasteiger charge is -2.07. The van der Waals surface area contributed by atoms with E-state index >= 15 is 0 Å². The molecule has 0 saturated heterocycles. The molecule has 0 aliphatic carbocycles. The van der Waals surface area contributed by atoms with Crippen LogP contribution in [0.25, 0.3) is 0 Å². The summed E-state index contributed by atoms with van der Waals surface area (Å²) in [5.74, 6) is -1.61. The highest BCUT2D eigenvalue weighted by Gasteiger charge is 2.14. The maximum atomic E-state index is 12.3. The first kappa shape index (κ1) is 24.8. The smallest absolute Gasteiger partial charge is 0.345 e. The first-order valence-electron chi connectivity index (χ1n) is 10.00. The van der Waals surface area contributed by atoms with Crippen molar-refractivity contribution in [1.29, 1.82) is 0 Å². The van der Waals surface area contributed by atoms with Crippen molar-refractivity contribution in [3.8, 4) is 11.5 Å². The van der Waals surface area contributed by atoms with Crippen LogP contribution in [0.15, 0.2) is 71.8 Å². The summed E-state index contributed by atoms with van der Waals surface area (Å²) in [6, 6.07) is 17.4. The van der Waals surface area contributed by atoms with E-state index in [1.54, 1.807) is 42.5 Å². The van der Waals surface area contributed by atoms with E-state index in [0.717, 1.165) is 0 Å². The van der Waals surface area contributed by atoms with E-state index in [4.69, 9.17) is 32.7 Å². The largest absolute Gasteiger partial charge is 0.494 e. The van der Waals surface area contributed by atoms with Gasteiger partial charge in [-0.1, -0.05) is 35.3 Å². The number of carbonyl (C=O) groups excluding carboxylic acids is 3. The molecule has 0 fully saturated rings. The predicted octanol–water partition coefficient (Wildman–Crippen LogP) is 4.70. The molecule has 3 aromatic rings. The second kappa shape index (κ2) is 11.8. The summed E-state index contributed by atoms with van der Waals surface area (Å²) < 4.78 is 10.6. The Morgan fingerprint density at radius 3 is 2.41 bits per heavy atom. The molecule has 8 nitrogen and oxygen atoms in total. The van der Waals surface area contributed by atoms with Gasteiger partial charge < -0.3 is 14.8 Å². The number of nitrogens with zero attached hydrogens (tertiary/aromatic N) is 1. The molecule has 0 atom stereocenters. The van der Waals surface area contributed by atoms with Crippen molar-refractivity contribution in [1.82, 2.24) is 5.43 Å². The van der Waals surface area contributed by atoms with Crippen LogP contribution in [0.2, 0.25) is 10.0 Å². The minimum absolute atomic E-state index is 0.163.